The predicted molar refractivity (Wildman–Crippen MR) is 107 cm³/mol. The van der Waals surface area contributed by atoms with E-state index in [1.165, 1.54) is 25.8 Å². The molecule has 3 aromatic rings. The van der Waals surface area contributed by atoms with Gasteiger partial charge in [0.05, 0.1) is 10.9 Å². The van der Waals surface area contributed by atoms with Gasteiger partial charge in [0.15, 0.2) is 14.7 Å². The summed E-state index contributed by atoms with van der Waals surface area (Å²) in [7, 11) is -0.172. The van der Waals surface area contributed by atoms with Crippen LogP contribution in [0.25, 0.3) is 0 Å². The third kappa shape index (κ3) is 4.17. The molecule has 26 heavy (non-hydrogen) atoms. The van der Waals surface area contributed by atoms with E-state index in [1.807, 2.05) is 12.1 Å². The van der Waals surface area contributed by atoms with E-state index in [-0.39, 0.29) is 17.3 Å². The second-order valence-electron chi connectivity index (χ2n) is 6.36. The van der Waals surface area contributed by atoms with Gasteiger partial charge >= 0.3 is 5.97 Å². The molecular weight excluding hydrogens is 340 g/mol. The van der Waals surface area contributed by atoms with E-state index in [0.717, 1.165) is 5.56 Å². The molecule has 0 aliphatic rings. The summed E-state index contributed by atoms with van der Waals surface area (Å²) in [6, 6.07) is 25.6. The van der Waals surface area contributed by atoms with Gasteiger partial charge < -0.3 is 5.11 Å². The molecule has 0 saturated heterocycles. The van der Waals surface area contributed by atoms with Crippen molar-refractivity contribution in [3.8, 4) is 0 Å². The standard InChI is InChI=1S/C23H22O2S/c1-17-15-21(16-18(2)22(17)13-14-23(24)25)26(19-9-5-3-6-10-19)20-11-7-4-8-12-20/h3-12,15-16H,13-14H2,1-2H3/p+1. The van der Waals surface area contributed by atoms with Gasteiger partial charge in [0.25, 0.3) is 0 Å². The smallest absolute Gasteiger partial charge is 0.303 e. The van der Waals surface area contributed by atoms with Crippen molar-refractivity contribution in [1.82, 2.24) is 0 Å². The molecule has 0 saturated carbocycles. The molecule has 0 heterocycles. The maximum atomic E-state index is 10.9. The summed E-state index contributed by atoms with van der Waals surface area (Å²) in [5.74, 6) is -0.749. The van der Waals surface area contributed by atoms with Crippen LogP contribution in [0.3, 0.4) is 0 Å². The minimum atomic E-state index is -0.749. The number of hydrogen-bond donors (Lipinski definition) is 1. The Labute approximate surface area is 157 Å². The largest absolute Gasteiger partial charge is 0.481 e. The lowest BCUT2D eigenvalue weighted by Gasteiger charge is -2.13. The summed E-state index contributed by atoms with van der Waals surface area (Å²) >= 11 is 0. The summed E-state index contributed by atoms with van der Waals surface area (Å²) in [4.78, 5) is 14.8. The second kappa shape index (κ2) is 8.24. The summed E-state index contributed by atoms with van der Waals surface area (Å²) in [5, 5.41) is 9.00. The van der Waals surface area contributed by atoms with E-state index >= 15 is 0 Å². The highest BCUT2D eigenvalue weighted by atomic mass is 32.2. The van der Waals surface area contributed by atoms with E-state index in [9.17, 15) is 4.79 Å². The minimum Gasteiger partial charge on any atom is -0.481 e. The van der Waals surface area contributed by atoms with Crippen LogP contribution in [-0.4, -0.2) is 11.1 Å². The molecular formula is C23H23O2S+. The predicted octanol–water partition coefficient (Wildman–Crippen LogP) is 5.42. The van der Waals surface area contributed by atoms with Crippen molar-refractivity contribution in [2.24, 2.45) is 0 Å². The first-order valence-electron chi connectivity index (χ1n) is 8.72. The molecule has 1 N–H and O–H groups in total. The Morgan fingerprint density at radius 3 is 1.69 bits per heavy atom. The number of hydrogen-bond acceptors (Lipinski definition) is 1. The molecule has 3 rings (SSSR count). The fourth-order valence-corrected chi connectivity index (χ4v) is 5.48. The lowest BCUT2D eigenvalue weighted by molar-refractivity contribution is -0.136. The Balaban J connectivity index is 2.06. The van der Waals surface area contributed by atoms with Gasteiger partial charge in [0, 0.05) is 6.42 Å². The van der Waals surface area contributed by atoms with Crippen molar-refractivity contribution in [3.63, 3.8) is 0 Å². The van der Waals surface area contributed by atoms with E-state index in [0.29, 0.717) is 6.42 Å². The Kier molecular flexibility index (Phi) is 5.79. The molecule has 0 aliphatic heterocycles. The van der Waals surface area contributed by atoms with Gasteiger partial charge in [-0.15, -0.1) is 0 Å². The molecule has 0 radical (unpaired) electrons. The second-order valence-corrected chi connectivity index (χ2v) is 8.39. The SMILES string of the molecule is Cc1cc([S+](c2ccccc2)c2ccccc2)cc(C)c1CCC(=O)O. The van der Waals surface area contributed by atoms with Crippen LogP contribution in [0.2, 0.25) is 0 Å². The molecule has 0 amide bonds. The molecule has 132 valence electrons. The maximum Gasteiger partial charge on any atom is 0.303 e. The third-order valence-electron chi connectivity index (χ3n) is 4.45. The Bertz CT molecular complexity index is 826. The monoisotopic (exact) mass is 363 g/mol. The zero-order valence-electron chi connectivity index (χ0n) is 15.1. The highest BCUT2D eigenvalue weighted by Gasteiger charge is 2.29. The molecule has 0 bridgehead atoms. The highest BCUT2D eigenvalue weighted by Crippen LogP contribution is 2.33. The normalized spacial score (nSPS) is 10.9. The molecule has 3 aromatic carbocycles. The fraction of sp³-hybridized carbons (Fsp3) is 0.174. The lowest BCUT2D eigenvalue weighted by Crippen LogP contribution is -2.07. The van der Waals surface area contributed by atoms with Crippen LogP contribution in [0, 0.1) is 13.8 Å². The van der Waals surface area contributed by atoms with Crippen LogP contribution < -0.4 is 0 Å². The van der Waals surface area contributed by atoms with Gasteiger partial charge in [-0.3, -0.25) is 4.79 Å². The van der Waals surface area contributed by atoms with Crippen LogP contribution in [0.4, 0.5) is 0 Å². The molecule has 0 aromatic heterocycles. The number of aliphatic carboxylic acids is 1. The summed E-state index contributed by atoms with van der Waals surface area (Å²) in [6.07, 6.45) is 0.752. The van der Waals surface area contributed by atoms with E-state index in [1.54, 1.807) is 0 Å². The fourth-order valence-electron chi connectivity index (χ4n) is 3.22. The van der Waals surface area contributed by atoms with Gasteiger partial charge in [-0.2, -0.15) is 0 Å². The molecule has 3 heteroatoms. The zero-order chi connectivity index (χ0) is 18.5. The number of carbonyl (C=O) groups is 1. The van der Waals surface area contributed by atoms with Gasteiger partial charge in [0.2, 0.25) is 0 Å². The number of benzene rings is 3. The van der Waals surface area contributed by atoms with Gasteiger partial charge in [-0.05, 0) is 73.4 Å². The topological polar surface area (TPSA) is 37.3 Å². The van der Waals surface area contributed by atoms with Crippen molar-refractivity contribution in [1.29, 1.82) is 0 Å². The van der Waals surface area contributed by atoms with Crippen molar-refractivity contribution >= 4 is 16.9 Å². The highest BCUT2D eigenvalue weighted by molar-refractivity contribution is 7.97. The van der Waals surface area contributed by atoms with Crippen molar-refractivity contribution in [3.05, 3.63) is 89.5 Å². The quantitative estimate of drug-likeness (QED) is 0.594. The third-order valence-corrected chi connectivity index (χ3v) is 6.65. The molecule has 0 spiro atoms. The first-order valence-corrected chi connectivity index (χ1v) is 9.95. The Morgan fingerprint density at radius 2 is 1.27 bits per heavy atom. The zero-order valence-corrected chi connectivity index (χ0v) is 15.9. The van der Waals surface area contributed by atoms with E-state index in [2.05, 4.69) is 74.5 Å². The number of carboxylic acid groups (broad SMARTS) is 1. The van der Waals surface area contributed by atoms with Gasteiger partial charge in [-0.1, -0.05) is 36.4 Å². The Hall–Kier alpha value is -2.52. The number of rotatable bonds is 6. The minimum absolute atomic E-state index is 0.171. The first-order chi connectivity index (χ1) is 12.6. The average Bonchev–Trinajstić information content (AvgIpc) is 2.63. The van der Waals surface area contributed by atoms with E-state index in [4.69, 9.17) is 5.11 Å². The summed E-state index contributed by atoms with van der Waals surface area (Å²) in [6.45, 7) is 4.18. The van der Waals surface area contributed by atoms with Gasteiger partial charge in [0.1, 0.15) is 0 Å². The van der Waals surface area contributed by atoms with Crippen LogP contribution in [0.5, 0.6) is 0 Å². The Morgan fingerprint density at radius 1 is 0.808 bits per heavy atom. The van der Waals surface area contributed by atoms with Crippen molar-refractivity contribution in [2.45, 2.75) is 41.4 Å². The van der Waals surface area contributed by atoms with Crippen molar-refractivity contribution in [2.75, 3.05) is 0 Å². The number of aryl methyl sites for hydroxylation is 2. The molecule has 0 aliphatic carbocycles. The summed E-state index contributed by atoms with van der Waals surface area (Å²) in [5.41, 5.74) is 3.50. The van der Waals surface area contributed by atoms with Crippen LogP contribution in [0.15, 0.2) is 87.5 Å². The van der Waals surface area contributed by atoms with Crippen LogP contribution in [-0.2, 0) is 22.1 Å². The van der Waals surface area contributed by atoms with E-state index < -0.39 is 5.97 Å². The molecule has 2 nitrogen and oxygen atoms in total. The average molecular weight is 364 g/mol. The van der Waals surface area contributed by atoms with Gasteiger partial charge in [-0.25, -0.2) is 0 Å². The molecule has 0 atom stereocenters. The number of carboxylic acids is 1. The first kappa shape index (κ1) is 18.3. The summed E-state index contributed by atoms with van der Waals surface area (Å²) < 4.78 is 0. The lowest BCUT2D eigenvalue weighted by atomic mass is 9.99. The van der Waals surface area contributed by atoms with Crippen LogP contribution >= 0.6 is 0 Å². The van der Waals surface area contributed by atoms with Crippen LogP contribution in [0.1, 0.15) is 23.1 Å². The molecule has 0 fully saturated rings. The maximum absolute atomic E-state index is 10.9. The molecule has 0 unspecified atom stereocenters. The van der Waals surface area contributed by atoms with Crippen molar-refractivity contribution < 1.29 is 9.90 Å².